The highest BCUT2D eigenvalue weighted by molar-refractivity contribution is 7.93. The Kier molecular flexibility index (Phi) is 3.82. The van der Waals surface area contributed by atoms with Crippen LogP contribution in [0.25, 0.3) is 0 Å². The summed E-state index contributed by atoms with van der Waals surface area (Å²) in [6.07, 6.45) is 1.31. The van der Waals surface area contributed by atoms with Gasteiger partial charge in [0.1, 0.15) is 11.7 Å². The molecule has 0 aromatic heterocycles. The van der Waals surface area contributed by atoms with Crippen LogP contribution in [0.2, 0.25) is 0 Å². The van der Waals surface area contributed by atoms with E-state index in [-0.39, 0.29) is 5.88 Å². The van der Waals surface area contributed by atoms with Crippen LogP contribution in [0.5, 0.6) is 0 Å². The number of hydrogen-bond donors (Lipinski definition) is 0. The quantitative estimate of drug-likeness (QED) is 0.753. The fourth-order valence-electron chi connectivity index (χ4n) is 0.958. The van der Waals surface area contributed by atoms with Gasteiger partial charge in [-0.05, 0) is 24.3 Å². The topological polar surface area (TPSA) is 46.5 Å². The van der Waals surface area contributed by atoms with Crippen molar-refractivity contribution in [1.29, 1.82) is 0 Å². The molecule has 0 bridgehead atoms. The summed E-state index contributed by atoms with van der Waals surface area (Å²) in [6.45, 7) is 0. The summed E-state index contributed by atoms with van der Waals surface area (Å²) in [5, 5.41) is 0. The number of halogens is 2. The van der Waals surface area contributed by atoms with Crippen molar-refractivity contribution >= 4 is 27.2 Å². The van der Waals surface area contributed by atoms with Crippen LogP contribution in [0.3, 0.4) is 0 Å². The number of hydrogen-bond acceptors (Lipinski definition) is 2. The van der Waals surface area contributed by atoms with Crippen LogP contribution in [-0.2, 0) is 14.5 Å². The van der Waals surface area contributed by atoms with Crippen molar-refractivity contribution in [2.24, 2.45) is 4.36 Å². The smallest absolute Gasteiger partial charge is 0.268 e. The minimum atomic E-state index is -2.81. The van der Waals surface area contributed by atoms with Gasteiger partial charge in [-0.2, -0.15) is 4.36 Å². The molecular weight excluding hydrogens is 241 g/mol. The second-order valence-corrected chi connectivity index (χ2v) is 5.40. The van der Waals surface area contributed by atoms with E-state index in [2.05, 4.69) is 4.36 Å². The van der Waals surface area contributed by atoms with E-state index in [0.717, 1.165) is 0 Å². The molecule has 15 heavy (non-hydrogen) atoms. The highest BCUT2D eigenvalue weighted by Gasteiger charge is 2.08. The number of rotatable bonds is 2. The summed E-state index contributed by atoms with van der Waals surface area (Å²) in [7, 11) is -2.81. The predicted octanol–water partition coefficient (Wildman–Crippen LogP) is 2.05. The predicted molar refractivity (Wildman–Crippen MR) is 56.9 cm³/mol. The number of amides is 1. The van der Waals surface area contributed by atoms with Gasteiger partial charge >= 0.3 is 0 Å². The first-order valence-corrected chi connectivity index (χ1v) is 6.48. The maximum absolute atomic E-state index is 12.6. The standard InChI is InChI=1S/C9H9ClFNO2S/c1-15(14,12-9(13)6-10)8-4-2-7(11)3-5-8/h2-5H,6H2,1H3. The zero-order chi connectivity index (χ0) is 11.5. The Bertz CT molecular complexity index is 477. The first-order valence-electron chi connectivity index (χ1n) is 4.02. The van der Waals surface area contributed by atoms with Crippen LogP contribution < -0.4 is 0 Å². The zero-order valence-corrected chi connectivity index (χ0v) is 9.52. The zero-order valence-electron chi connectivity index (χ0n) is 7.94. The molecule has 0 spiro atoms. The largest absolute Gasteiger partial charge is 0.271 e. The van der Waals surface area contributed by atoms with Gasteiger partial charge in [0.2, 0.25) is 0 Å². The lowest BCUT2D eigenvalue weighted by Crippen LogP contribution is -2.04. The number of benzene rings is 1. The summed E-state index contributed by atoms with van der Waals surface area (Å²) in [5.41, 5.74) is 0. The van der Waals surface area contributed by atoms with E-state index >= 15 is 0 Å². The summed E-state index contributed by atoms with van der Waals surface area (Å²) in [4.78, 5) is 11.2. The van der Waals surface area contributed by atoms with Crippen LogP contribution in [0.4, 0.5) is 4.39 Å². The molecule has 0 aliphatic rings. The first kappa shape index (κ1) is 12.1. The normalized spacial score (nSPS) is 14.3. The van der Waals surface area contributed by atoms with Crippen molar-refractivity contribution in [2.45, 2.75) is 4.90 Å². The lowest BCUT2D eigenvalue weighted by molar-refractivity contribution is -0.115. The molecule has 1 aromatic carbocycles. The van der Waals surface area contributed by atoms with E-state index < -0.39 is 21.5 Å². The van der Waals surface area contributed by atoms with Crippen LogP contribution >= 0.6 is 11.6 Å². The van der Waals surface area contributed by atoms with Crippen molar-refractivity contribution in [2.75, 3.05) is 12.1 Å². The minimum Gasteiger partial charge on any atom is -0.271 e. The number of carbonyl (C=O) groups excluding carboxylic acids is 1. The minimum absolute atomic E-state index is 0.308. The van der Waals surface area contributed by atoms with Crippen molar-refractivity contribution < 1.29 is 13.4 Å². The van der Waals surface area contributed by atoms with Crippen LogP contribution in [-0.4, -0.2) is 22.3 Å². The van der Waals surface area contributed by atoms with Crippen molar-refractivity contribution in [3.63, 3.8) is 0 Å². The van der Waals surface area contributed by atoms with Crippen LogP contribution in [0.1, 0.15) is 0 Å². The average Bonchev–Trinajstić information content (AvgIpc) is 2.17. The molecule has 1 rings (SSSR count). The molecule has 1 amide bonds. The first-order chi connectivity index (χ1) is 6.95. The average molecular weight is 250 g/mol. The molecule has 0 fully saturated rings. The monoisotopic (exact) mass is 249 g/mol. The molecule has 0 heterocycles. The third-order valence-corrected chi connectivity index (χ3v) is 3.57. The Morgan fingerprint density at radius 3 is 2.47 bits per heavy atom. The van der Waals surface area contributed by atoms with Gasteiger partial charge in [-0.25, -0.2) is 8.60 Å². The summed E-state index contributed by atoms with van der Waals surface area (Å²) < 4.78 is 28.0. The molecule has 6 heteroatoms. The van der Waals surface area contributed by atoms with Gasteiger partial charge in [-0.1, -0.05) is 0 Å². The maximum Gasteiger partial charge on any atom is 0.268 e. The van der Waals surface area contributed by atoms with Gasteiger partial charge in [0, 0.05) is 11.2 Å². The number of alkyl halides is 1. The molecule has 0 saturated heterocycles. The molecule has 1 unspecified atom stereocenters. The molecule has 0 radical (unpaired) electrons. The van der Waals surface area contributed by atoms with Gasteiger partial charge in [-0.3, -0.25) is 4.79 Å². The molecule has 1 atom stereocenters. The fraction of sp³-hybridized carbons (Fsp3) is 0.222. The van der Waals surface area contributed by atoms with Crippen LogP contribution in [0.15, 0.2) is 33.5 Å². The second-order valence-electron chi connectivity index (χ2n) is 2.88. The molecule has 3 nitrogen and oxygen atoms in total. The Balaban J connectivity index is 3.17. The Hall–Kier alpha value is -0.940. The highest BCUT2D eigenvalue weighted by atomic mass is 35.5. The lowest BCUT2D eigenvalue weighted by Gasteiger charge is -2.02. The number of carbonyl (C=O) groups is 1. The van der Waals surface area contributed by atoms with Gasteiger partial charge in [0.05, 0.1) is 9.73 Å². The van der Waals surface area contributed by atoms with E-state index in [9.17, 15) is 13.4 Å². The van der Waals surface area contributed by atoms with E-state index in [1.165, 1.54) is 30.5 Å². The fourth-order valence-corrected chi connectivity index (χ4v) is 2.29. The third-order valence-electron chi connectivity index (χ3n) is 1.64. The van der Waals surface area contributed by atoms with Crippen molar-refractivity contribution in [1.82, 2.24) is 0 Å². The van der Waals surface area contributed by atoms with E-state index in [4.69, 9.17) is 11.6 Å². The summed E-state index contributed by atoms with van der Waals surface area (Å²) in [5.74, 6) is -1.39. The van der Waals surface area contributed by atoms with Gasteiger partial charge in [0.15, 0.2) is 0 Å². The lowest BCUT2D eigenvalue weighted by atomic mass is 10.4. The molecule has 1 aromatic rings. The second kappa shape index (κ2) is 4.72. The van der Waals surface area contributed by atoms with Crippen molar-refractivity contribution in [3.05, 3.63) is 30.1 Å². The molecule has 0 saturated carbocycles. The van der Waals surface area contributed by atoms with Crippen molar-refractivity contribution in [3.8, 4) is 0 Å². The Labute approximate surface area is 92.4 Å². The molecule has 0 aliphatic heterocycles. The van der Waals surface area contributed by atoms with Gasteiger partial charge in [0.25, 0.3) is 5.91 Å². The molecular formula is C9H9ClFNO2S. The van der Waals surface area contributed by atoms with Gasteiger partial charge in [-0.15, -0.1) is 11.6 Å². The SMILES string of the molecule is CS(=O)(=NC(=O)CCl)c1ccc(F)cc1. The van der Waals surface area contributed by atoms with Crippen LogP contribution in [0, 0.1) is 5.82 Å². The maximum atomic E-state index is 12.6. The highest BCUT2D eigenvalue weighted by Crippen LogP contribution is 2.12. The van der Waals surface area contributed by atoms with E-state index in [1.54, 1.807) is 0 Å². The molecule has 0 N–H and O–H groups in total. The Morgan fingerprint density at radius 1 is 1.47 bits per heavy atom. The summed E-state index contributed by atoms with van der Waals surface area (Å²) >= 11 is 5.24. The third kappa shape index (κ3) is 3.28. The van der Waals surface area contributed by atoms with E-state index in [1.807, 2.05) is 0 Å². The summed E-state index contributed by atoms with van der Waals surface area (Å²) in [6, 6.07) is 5.00. The molecule has 0 aliphatic carbocycles. The number of nitrogens with zero attached hydrogens (tertiary/aromatic N) is 1. The molecule has 82 valence electrons. The Morgan fingerprint density at radius 2 is 2.00 bits per heavy atom. The van der Waals surface area contributed by atoms with E-state index in [0.29, 0.717) is 4.90 Å². The van der Waals surface area contributed by atoms with Gasteiger partial charge < -0.3 is 0 Å².